The van der Waals surface area contributed by atoms with Gasteiger partial charge in [0.15, 0.2) is 9.84 Å². The number of hydrogen-bond donors (Lipinski definition) is 2. The third kappa shape index (κ3) is 2.78. The highest BCUT2D eigenvalue weighted by Crippen LogP contribution is 2.22. The summed E-state index contributed by atoms with van der Waals surface area (Å²) < 4.78 is 22.7. The van der Waals surface area contributed by atoms with Crippen LogP contribution < -0.4 is 11.1 Å². The van der Waals surface area contributed by atoms with E-state index >= 15 is 0 Å². The molecule has 2 unspecified atom stereocenters. The fraction of sp³-hybridized carbons (Fsp3) is 0.900. The molecular weight excluding hydrogens is 242 g/mol. The van der Waals surface area contributed by atoms with Crippen LogP contribution in [0.2, 0.25) is 0 Å². The molecule has 2 rings (SSSR count). The Morgan fingerprint density at radius 3 is 2.82 bits per heavy atom. The zero-order chi connectivity index (χ0) is 12.5. The van der Waals surface area contributed by atoms with Crippen molar-refractivity contribution < 1.29 is 13.2 Å². The maximum absolute atomic E-state index is 12.2. The van der Waals surface area contributed by atoms with Gasteiger partial charge in [-0.2, -0.15) is 0 Å². The van der Waals surface area contributed by atoms with Crippen LogP contribution in [0, 0.1) is 5.92 Å². The number of carbonyl (C=O) groups is 1. The molecule has 2 aliphatic heterocycles. The van der Waals surface area contributed by atoms with Gasteiger partial charge in [0, 0.05) is 26.2 Å². The monoisotopic (exact) mass is 261 g/mol. The lowest BCUT2D eigenvalue weighted by molar-refractivity contribution is -0.137. The van der Waals surface area contributed by atoms with Crippen LogP contribution in [0.25, 0.3) is 0 Å². The van der Waals surface area contributed by atoms with E-state index in [0.29, 0.717) is 26.1 Å². The average Bonchev–Trinajstić information content (AvgIpc) is 2.68. The van der Waals surface area contributed by atoms with E-state index in [1.807, 2.05) is 0 Å². The molecule has 2 atom stereocenters. The van der Waals surface area contributed by atoms with Gasteiger partial charge in [-0.3, -0.25) is 4.79 Å². The van der Waals surface area contributed by atoms with Crippen LogP contribution in [0.4, 0.5) is 0 Å². The molecule has 3 N–H and O–H groups in total. The fourth-order valence-corrected chi connectivity index (χ4v) is 4.22. The van der Waals surface area contributed by atoms with E-state index in [9.17, 15) is 13.2 Å². The Balaban J connectivity index is 2.04. The topological polar surface area (TPSA) is 92.5 Å². The Morgan fingerprint density at radius 2 is 2.24 bits per heavy atom. The van der Waals surface area contributed by atoms with Gasteiger partial charge in [-0.05, 0) is 6.42 Å². The first-order valence-electron chi connectivity index (χ1n) is 5.95. The zero-order valence-corrected chi connectivity index (χ0v) is 10.6. The van der Waals surface area contributed by atoms with E-state index in [1.54, 1.807) is 4.90 Å². The molecule has 6 nitrogen and oxygen atoms in total. The van der Waals surface area contributed by atoms with Crippen LogP contribution >= 0.6 is 0 Å². The summed E-state index contributed by atoms with van der Waals surface area (Å²) >= 11 is 0. The third-order valence-corrected chi connectivity index (χ3v) is 5.25. The summed E-state index contributed by atoms with van der Waals surface area (Å²) in [5, 5.41) is 3.19. The fourth-order valence-electron chi connectivity index (χ4n) is 2.49. The molecule has 0 saturated carbocycles. The SMILES string of the molecule is NCC1CNCCN1C(=O)C1CCS(=O)(=O)C1. The van der Waals surface area contributed by atoms with Gasteiger partial charge in [0.1, 0.15) is 0 Å². The molecule has 0 aromatic carbocycles. The number of nitrogens with one attached hydrogen (secondary N) is 1. The molecule has 0 bridgehead atoms. The lowest BCUT2D eigenvalue weighted by Crippen LogP contribution is -2.57. The van der Waals surface area contributed by atoms with E-state index in [-0.39, 0.29) is 29.4 Å². The number of nitrogens with zero attached hydrogens (tertiary/aromatic N) is 1. The molecule has 7 heteroatoms. The maximum Gasteiger partial charge on any atom is 0.227 e. The second kappa shape index (κ2) is 4.91. The summed E-state index contributed by atoms with van der Waals surface area (Å²) in [5.41, 5.74) is 5.63. The van der Waals surface area contributed by atoms with Gasteiger partial charge in [0.05, 0.1) is 23.5 Å². The first kappa shape index (κ1) is 12.8. The van der Waals surface area contributed by atoms with Crippen molar-refractivity contribution in [2.24, 2.45) is 11.7 Å². The number of hydrogen-bond acceptors (Lipinski definition) is 5. The third-order valence-electron chi connectivity index (χ3n) is 3.49. The van der Waals surface area contributed by atoms with E-state index in [0.717, 1.165) is 6.54 Å². The molecular formula is C10H19N3O3S. The summed E-state index contributed by atoms with van der Waals surface area (Å²) in [6.45, 7) is 2.48. The van der Waals surface area contributed by atoms with Crippen LogP contribution in [-0.2, 0) is 14.6 Å². The van der Waals surface area contributed by atoms with Crippen molar-refractivity contribution in [3.63, 3.8) is 0 Å². The Bertz CT molecular complexity index is 396. The highest BCUT2D eigenvalue weighted by atomic mass is 32.2. The molecule has 0 aliphatic carbocycles. The largest absolute Gasteiger partial charge is 0.336 e. The van der Waals surface area contributed by atoms with Crippen molar-refractivity contribution in [2.45, 2.75) is 12.5 Å². The highest BCUT2D eigenvalue weighted by molar-refractivity contribution is 7.91. The number of rotatable bonds is 2. The van der Waals surface area contributed by atoms with Gasteiger partial charge < -0.3 is 16.0 Å². The van der Waals surface area contributed by atoms with Crippen molar-refractivity contribution in [2.75, 3.05) is 37.7 Å². The predicted molar refractivity (Wildman–Crippen MR) is 64.2 cm³/mol. The van der Waals surface area contributed by atoms with Gasteiger partial charge >= 0.3 is 0 Å². The van der Waals surface area contributed by atoms with Crippen LogP contribution in [0.15, 0.2) is 0 Å². The number of piperazine rings is 1. The normalized spacial score (nSPS) is 32.6. The Hall–Kier alpha value is -0.660. The Kier molecular flexibility index (Phi) is 3.70. The molecule has 0 radical (unpaired) electrons. The minimum atomic E-state index is -3.00. The molecule has 98 valence electrons. The van der Waals surface area contributed by atoms with E-state index in [1.165, 1.54) is 0 Å². The van der Waals surface area contributed by atoms with Crippen molar-refractivity contribution in [1.29, 1.82) is 0 Å². The minimum absolute atomic E-state index is 0.000413. The van der Waals surface area contributed by atoms with E-state index in [2.05, 4.69) is 5.32 Å². The molecule has 1 amide bonds. The highest BCUT2D eigenvalue weighted by Gasteiger charge is 2.37. The summed E-state index contributed by atoms with van der Waals surface area (Å²) in [6.07, 6.45) is 0.461. The second-order valence-electron chi connectivity index (χ2n) is 4.73. The molecule has 2 aliphatic rings. The second-order valence-corrected chi connectivity index (χ2v) is 6.95. The molecule has 2 heterocycles. The van der Waals surface area contributed by atoms with Gasteiger partial charge in [-0.1, -0.05) is 0 Å². The lowest BCUT2D eigenvalue weighted by atomic mass is 10.0. The molecule has 17 heavy (non-hydrogen) atoms. The molecule has 0 spiro atoms. The lowest BCUT2D eigenvalue weighted by Gasteiger charge is -2.36. The van der Waals surface area contributed by atoms with Crippen molar-refractivity contribution in [3.8, 4) is 0 Å². The van der Waals surface area contributed by atoms with Gasteiger partial charge in [0.2, 0.25) is 5.91 Å². The number of carbonyl (C=O) groups excluding carboxylic acids is 1. The van der Waals surface area contributed by atoms with Crippen LogP contribution in [0.1, 0.15) is 6.42 Å². The van der Waals surface area contributed by atoms with Gasteiger partial charge in [-0.15, -0.1) is 0 Å². The maximum atomic E-state index is 12.2. The van der Waals surface area contributed by atoms with Crippen molar-refractivity contribution in [1.82, 2.24) is 10.2 Å². The predicted octanol–water partition coefficient (Wildman–Crippen LogP) is -1.82. The first-order valence-corrected chi connectivity index (χ1v) is 7.77. The average molecular weight is 261 g/mol. The summed E-state index contributed by atoms with van der Waals surface area (Å²) in [7, 11) is -3.00. The quantitative estimate of drug-likeness (QED) is 0.610. The minimum Gasteiger partial charge on any atom is -0.336 e. The molecule has 0 aromatic rings. The van der Waals surface area contributed by atoms with Crippen molar-refractivity contribution in [3.05, 3.63) is 0 Å². The molecule has 0 aromatic heterocycles. The van der Waals surface area contributed by atoms with Crippen LogP contribution in [-0.4, -0.2) is 63.0 Å². The standard InChI is InChI=1S/C10H19N3O3S/c11-5-9-6-12-2-3-13(9)10(14)8-1-4-17(15,16)7-8/h8-9,12H,1-7,11H2. The summed E-state index contributed by atoms with van der Waals surface area (Å²) in [5.74, 6) is -0.245. The smallest absolute Gasteiger partial charge is 0.227 e. The summed E-state index contributed by atoms with van der Waals surface area (Å²) in [4.78, 5) is 14.0. The van der Waals surface area contributed by atoms with E-state index in [4.69, 9.17) is 5.73 Å². The Morgan fingerprint density at radius 1 is 1.47 bits per heavy atom. The van der Waals surface area contributed by atoms with Gasteiger partial charge in [0.25, 0.3) is 0 Å². The van der Waals surface area contributed by atoms with Crippen LogP contribution in [0.5, 0.6) is 0 Å². The van der Waals surface area contributed by atoms with Gasteiger partial charge in [-0.25, -0.2) is 8.42 Å². The van der Waals surface area contributed by atoms with Crippen molar-refractivity contribution >= 4 is 15.7 Å². The number of amides is 1. The molecule has 2 saturated heterocycles. The first-order chi connectivity index (χ1) is 8.03. The molecule has 2 fully saturated rings. The van der Waals surface area contributed by atoms with Crippen LogP contribution in [0.3, 0.4) is 0 Å². The number of sulfone groups is 1. The Labute approximate surface area is 101 Å². The number of nitrogens with two attached hydrogens (primary N) is 1. The summed E-state index contributed by atoms with van der Waals surface area (Å²) in [6, 6.07) is -0.000413. The van der Waals surface area contributed by atoms with E-state index < -0.39 is 9.84 Å². The zero-order valence-electron chi connectivity index (χ0n) is 9.76.